The zero-order valence-corrected chi connectivity index (χ0v) is 8.57. The van der Waals surface area contributed by atoms with Crippen molar-refractivity contribution in [3.05, 3.63) is 48.5 Å². The molecule has 0 aliphatic carbocycles. The van der Waals surface area contributed by atoms with Gasteiger partial charge >= 0.3 is 5.97 Å². The Bertz CT molecular complexity index is 360. The molecule has 0 saturated carbocycles. The second-order valence-electron chi connectivity index (χ2n) is 3.09. The molecule has 80 valence electrons. The second kappa shape index (κ2) is 5.29. The van der Waals surface area contributed by atoms with E-state index in [1.165, 1.54) is 6.07 Å². The van der Waals surface area contributed by atoms with Gasteiger partial charge in [-0.05, 0) is 12.5 Å². The molecule has 0 spiro atoms. The Balaban J connectivity index is 2.97. The van der Waals surface area contributed by atoms with E-state index >= 15 is 0 Å². The predicted molar refractivity (Wildman–Crippen MR) is 55.7 cm³/mol. The van der Waals surface area contributed by atoms with Crippen molar-refractivity contribution in [3.63, 3.8) is 0 Å². The van der Waals surface area contributed by atoms with Gasteiger partial charge in [-0.15, -0.1) is 0 Å². The van der Waals surface area contributed by atoms with Crippen LogP contribution in [0, 0.1) is 5.82 Å². The summed E-state index contributed by atoms with van der Waals surface area (Å²) in [5, 5.41) is 0. The summed E-state index contributed by atoms with van der Waals surface area (Å²) in [5.41, 5.74) is 0.367. The fourth-order valence-electron chi connectivity index (χ4n) is 1.44. The molecule has 0 saturated heterocycles. The van der Waals surface area contributed by atoms with Crippen LogP contribution in [0.25, 0.3) is 0 Å². The summed E-state index contributed by atoms with van der Waals surface area (Å²) in [7, 11) is 0. The zero-order valence-electron chi connectivity index (χ0n) is 8.57. The summed E-state index contributed by atoms with van der Waals surface area (Å²) in [6.45, 7) is 5.10. The number of ether oxygens (including phenoxy) is 1. The molecular weight excluding hydrogens is 195 g/mol. The van der Waals surface area contributed by atoms with Crippen LogP contribution >= 0.6 is 0 Å². The molecule has 0 aliphatic rings. The molecule has 0 bridgehead atoms. The quantitative estimate of drug-likeness (QED) is 0.561. The summed E-state index contributed by atoms with van der Waals surface area (Å²) in [5.74, 6) is -1.42. The highest BCUT2D eigenvalue weighted by Gasteiger charge is 2.22. The molecule has 3 heteroatoms. The van der Waals surface area contributed by atoms with E-state index in [4.69, 9.17) is 0 Å². The highest BCUT2D eigenvalue weighted by Crippen LogP contribution is 2.23. The Morgan fingerprint density at radius 2 is 2.27 bits per heavy atom. The first-order chi connectivity index (χ1) is 7.20. The maximum atomic E-state index is 13.4. The molecule has 1 rings (SSSR count). The highest BCUT2D eigenvalue weighted by atomic mass is 19.1. The van der Waals surface area contributed by atoms with Gasteiger partial charge in [-0.25, -0.2) is 4.39 Å². The summed E-state index contributed by atoms with van der Waals surface area (Å²) in [4.78, 5) is 11.5. The molecule has 0 fully saturated rings. The molecule has 0 aliphatic heterocycles. The Labute approximate surface area is 88.4 Å². The van der Waals surface area contributed by atoms with Crippen molar-refractivity contribution in [3.8, 4) is 0 Å². The summed E-state index contributed by atoms with van der Waals surface area (Å²) < 4.78 is 18.1. The average molecular weight is 208 g/mol. The van der Waals surface area contributed by atoms with Crippen LogP contribution in [0.2, 0.25) is 0 Å². The molecule has 15 heavy (non-hydrogen) atoms. The monoisotopic (exact) mass is 208 g/mol. The van der Waals surface area contributed by atoms with E-state index in [1.54, 1.807) is 25.1 Å². The lowest BCUT2D eigenvalue weighted by Gasteiger charge is -2.13. The number of halogens is 1. The normalized spacial score (nSPS) is 11.9. The zero-order chi connectivity index (χ0) is 11.3. The van der Waals surface area contributed by atoms with Crippen molar-refractivity contribution in [2.45, 2.75) is 19.3 Å². The van der Waals surface area contributed by atoms with Crippen molar-refractivity contribution in [2.24, 2.45) is 0 Å². The molecular formula is C12H13FO2. The van der Waals surface area contributed by atoms with Crippen molar-refractivity contribution < 1.29 is 13.9 Å². The number of esters is 1. The van der Waals surface area contributed by atoms with Crippen LogP contribution in [0.3, 0.4) is 0 Å². The third-order valence-corrected chi connectivity index (χ3v) is 2.17. The van der Waals surface area contributed by atoms with Crippen molar-refractivity contribution in [1.29, 1.82) is 0 Å². The molecule has 1 aromatic rings. The lowest BCUT2D eigenvalue weighted by Crippen LogP contribution is -2.14. The van der Waals surface area contributed by atoms with Crippen molar-refractivity contribution in [1.82, 2.24) is 0 Å². The van der Waals surface area contributed by atoms with Crippen molar-refractivity contribution in [2.75, 3.05) is 0 Å². The molecule has 0 heterocycles. The van der Waals surface area contributed by atoms with Gasteiger partial charge in [-0.2, -0.15) is 0 Å². The van der Waals surface area contributed by atoms with Gasteiger partial charge in [0.05, 0.1) is 12.2 Å². The highest BCUT2D eigenvalue weighted by molar-refractivity contribution is 5.78. The van der Waals surface area contributed by atoms with Crippen LogP contribution in [0.15, 0.2) is 37.1 Å². The predicted octanol–water partition coefficient (Wildman–Crippen LogP) is 3.01. The van der Waals surface area contributed by atoms with E-state index in [0.29, 0.717) is 12.0 Å². The largest absolute Gasteiger partial charge is 0.435 e. The number of carbonyl (C=O) groups excluding carboxylic acids is 1. The van der Waals surface area contributed by atoms with Gasteiger partial charge in [-0.1, -0.05) is 31.7 Å². The van der Waals surface area contributed by atoms with Crippen LogP contribution in [0.1, 0.15) is 24.8 Å². The summed E-state index contributed by atoms with van der Waals surface area (Å²) in [6.07, 6.45) is 1.56. The third-order valence-electron chi connectivity index (χ3n) is 2.17. The number of rotatable bonds is 4. The standard InChI is InChI=1S/C12H13FO2/c1-3-9(12(14)15-4-2)10-7-5-6-8-11(10)13/h4-9H,2-3H2,1H3. The molecule has 0 aromatic heterocycles. The van der Waals surface area contributed by atoms with Crippen LogP contribution in [0.5, 0.6) is 0 Å². The minimum atomic E-state index is -0.566. The first-order valence-electron chi connectivity index (χ1n) is 4.76. The molecule has 1 aromatic carbocycles. The van der Waals surface area contributed by atoms with E-state index < -0.39 is 11.9 Å². The molecule has 0 N–H and O–H groups in total. The topological polar surface area (TPSA) is 26.3 Å². The first kappa shape index (κ1) is 11.4. The van der Waals surface area contributed by atoms with Crippen LogP contribution < -0.4 is 0 Å². The maximum absolute atomic E-state index is 13.4. The van der Waals surface area contributed by atoms with Gasteiger partial charge in [0.25, 0.3) is 0 Å². The number of hydrogen-bond acceptors (Lipinski definition) is 2. The number of carbonyl (C=O) groups is 1. The smallest absolute Gasteiger partial charge is 0.318 e. The van der Waals surface area contributed by atoms with Gasteiger partial charge in [0.1, 0.15) is 5.82 Å². The number of benzene rings is 1. The van der Waals surface area contributed by atoms with Gasteiger partial charge in [0.2, 0.25) is 0 Å². The number of hydrogen-bond donors (Lipinski definition) is 0. The lowest BCUT2D eigenvalue weighted by molar-refractivity contribution is -0.139. The van der Waals surface area contributed by atoms with Gasteiger partial charge in [0.15, 0.2) is 0 Å². The summed E-state index contributed by atoms with van der Waals surface area (Å²) in [6, 6.07) is 6.21. The lowest BCUT2D eigenvalue weighted by atomic mass is 9.96. The van der Waals surface area contributed by atoms with Gasteiger partial charge in [0, 0.05) is 5.56 Å². The summed E-state index contributed by atoms with van der Waals surface area (Å²) >= 11 is 0. The molecule has 2 nitrogen and oxygen atoms in total. The third kappa shape index (κ3) is 2.65. The van der Waals surface area contributed by atoms with Gasteiger partial charge in [-0.3, -0.25) is 4.79 Å². The minimum absolute atomic E-state index is 0.367. The van der Waals surface area contributed by atoms with E-state index in [-0.39, 0.29) is 5.82 Å². The van der Waals surface area contributed by atoms with E-state index in [0.717, 1.165) is 6.26 Å². The molecule has 0 amide bonds. The van der Waals surface area contributed by atoms with E-state index in [9.17, 15) is 9.18 Å². The molecule has 1 unspecified atom stereocenters. The Morgan fingerprint density at radius 1 is 1.60 bits per heavy atom. The van der Waals surface area contributed by atoms with E-state index in [2.05, 4.69) is 11.3 Å². The van der Waals surface area contributed by atoms with Gasteiger partial charge < -0.3 is 4.74 Å². The molecule has 0 radical (unpaired) electrons. The first-order valence-corrected chi connectivity index (χ1v) is 4.76. The van der Waals surface area contributed by atoms with E-state index in [1.807, 2.05) is 0 Å². The maximum Gasteiger partial charge on any atom is 0.318 e. The minimum Gasteiger partial charge on any atom is -0.435 e. The second-order valence-corrected chi connectivity index (χ2v) is 3.09. The Kier molecular flexibility index (Phi) is 4.03. The van der Waals surface area contributed by atoms with Crippen LogP contribution in [0.4, 0.5) is 4.39 Å². The Hall–Kier alpha value is -1.64. The average Bonchev–Trinajstić information content (AvgIpc) is 2.22. The fourth-order valence-corrected chi connectivity index (χ4v) is 1.44. The van der Waals surface area contributed by atoms with Crippen molar-refractivity contribution >= 4 is 5.97 Å². The van der Waals surface area contributed by atoms with Crippen LogP contribution in [-0.4, -0.2) is 5.97 Å². The SMILES string of the molecule is C=COC(=O)C(CC)c1ccccc1F. The van der Waals surface area contributed by atoms with Crippen LogP contribution in [-0.2, 0) is 9.53 Å². The Morgan fingerprint density at radius 3 is 2.80 bits per heavy atom. The molecule has 1 atom stereocenters. The fraction of sp³-hybridized carbons (Fsp3) is 0.250.